The first-order valence-corrected chi connectivity index (χ1v) is 8.01. The van der Waals surface area contributed by atoms with Gasteiger partial charge in [-0.15, -0.1) is 0 Å². The summed E-state index contributed by atoms with van der Waals surface area (Å²) in [5, 5.41) is 0.202. The van der Waals surface area contributed by atoms with E-state index in [0.29, 0.717) is 13.1 Å². The van der Waals surface area contributed by atoms with E-state index in [1.54, 1.807) is 23.1 Å². The van der Waals surface area contributed by atoms with Crippen LogP contribution in [0.4, 0.5) is 0 Å². The van der Waals surface area contributed by atoms with E-state index in [9.17, 15) is 13.2 Å². The lowest BCUT2D eigenvalue weighted by Crippen LogP contribution is -2.51. The molecule has 0 bridgehead atoms. The van der Waals surface area contributed by atoms with Crippen molar-refractivity contribution >= 4 is 27.5 Å². The summed E-state index contributed by atoms with van der Waals surface area (Å²) in [4.78, 5) is 13.1. The summed E-state index contributed by atoms with van der Waals surface area (Å²) in [6, 6.07) is 6.34. The first-order valence-electron chi connectivity index (χ1n) is 6.19. The molecule has 1 heterocycles. The Bertz CT molecular complexity index is 598. The van der Waals surface area contributed by atoms with Crippen molar-refractivity contribution in [3.8, 4) is 0 Å². The SMILES string of the molecule is NCC(=O)N1CCN(S(=O)(=O)c2ccccc2Cl)CC1. The highest BCUT2D eigenvalue weighted by molar-refractivity contribution is 7.89. The topological polar surface area (TPSA) is 83.7 Å². The van der Waals surface area contributed by atoms with Gasteiger partial charge in [0.1, 0.15) is 4.90 Å². The maximum Gasteiger partial charge on any atom is 0.244 e. The maximum absolute atomic E-state index is 12.5. The molecule has 0 aliphatic carbocycles. The van der Waals surface area contributed by atoms with Crippen LogP contribution in [0.1, 0.15) is 0 Å². The summed E-state index contributed by atoms with van der Waals surface area (Å²) in [5.74, 6) is -0.167. The first-order chi connectivity index (χ1) is 9.46. The minimum atomic E-state index is -3.62. The zero-order chi connectivity index (χ0) is 14.8. The Morgan fingerprint density at radius 3 is 2.35 bits per heavy atom. The number of hydrogen-bond donors (Lipinski definition) is 1. The number of halogens is 1. The number of nitrogens with zero attached hydrogens (tertiary/aromatic N) is 2. The van der Waals surface area contributed by atoms with Crippen molar-refractivity contribution in [2.45, 2.75) is 4.90 Å². The average Bonchev–Trinajstić information content (AvgIpc) is 2.47. The molecule has 2 rings (SSSR count). The standard InChI is InChI=1S/C12H16ClN3O3S/c13-10-3-1-2-4-11(10)20(18,19)16-7-5-15(6-8-16)12(17)9-14/h1-4H,5-9,14H2. The average molecular weight is 318 g/mol. The number of amides is 1. The summed E-state index contributed by atoms with van der Waals surface area (Å²) >= 11 is 5.94. The molecular formula is C12H16ClN3O3S. The van der Waals surface area contributed by atoms with E-state index >= 15 is 0 Å². The van der Waals surface area contributed by atoms with E-state index in [0.717, 1.165) is 0 Å². The van der Waals surface area contributed by atoms with Gasteiger partial charge in [-0.1, -0.05) is 23.7 Å². The number of hydrogen-bond acceptors (Lipinski definition) is 4. The van der Waals surface area contributed by atoms with Crippen LogP contribution in [0.25, 0.3) is 0 Å². The van der Waals surface area contributed by atoms with Gasteiger partial charge < -0.3 is 10.6 Å². The van der Waals surface area contributed by atoms with Crippen molar-refractivity contribution in [1.82, 2.24) is 9.21 Å². The second kappa shape index (κ2) is 6.09. The van der Waals surface area contributed by atoms with Crippen LogP contribution >= 0.6 is 11.6 Å². The molecule has 0 spiro atoms. The number of carbonyl (C=O) groups is 1. The Kier molecular flexibility index (Phi) is 4.64. The van der Waals surface area contributed by atoms with Crippen LogP contribution in [0.5, 0.6) is 0 Å². The third kappa shape index (κ3) is 2.95. The van der Waals surface area contributed by atoms with Gasteiger partial charge in [-0.3, -0.25) is 4.79 Å². The second-order valence-electron chi connectivity index (χ2n) is 4.42. The molecule has 0 unspecified atom stereocenters. The van der Waals surface area contributed by atoms with Crippen LogP contribution in [0.3, 0.4) is 0 Å². The second-order valence-corrected chi connectivity index (χ2v) is 6.73. The van der Waals surface area contributed by atoms with Gasteiger partial charge >= 0.3 is 0 Å². The Balaban J connectivity index is 2.14. The summed E-state index contributed by atoms with van der Waals surface area (Å²) in [6.07, 6.45) is 0. The Hall–Kier alpha value is -1.15. The fourth-order valence-corrected chi connectivity index (χ4v) is 4.02. The third-order valence-electron chi connectivity index (χ3n) is 3.22. The normalized spacial score (nSPS) is 17.2. The lowest BCUT2D eigenvalue weighted by Gasteiger charge is -2.33. The largest absolute Gasteiger partial charge is 0.339 e. The molecule has 20 heavy (non-hydrogen) atoms. The highest BCUT2D eigenvalue weighted by Gasteiger charge is 2.30. The lowest BCUT2D eigenvalue weighted by molar-refractivity contribution is -0.130. The molecule has 1 saturated heterocycles. The molecule has 1 fully saturated rings. The summed E-state index contributed by atoms with van der Waals surface area (Å²) < 4.78 is 26.3. The summed E-state index contributed by atoms with van der Waals surface area (Å²) in [5.41, 5.74) is 5.29. The van der Waals surface area contributed by atoms with E-state index < -0.39 is 10.0 Å². The van der Waals surface area contributed by atoms with Crippen LogP contribution < -0.4 is 5.73 Å². The Labute approximate surface area is 123 Å². The van der Waals surface area contributed by atoms with Crippen LogP contribution in [0.2, 0.25) is 5.02 Å². The van der Waals surface area contributed by atoms with Gasteiger partial charge in [-0.2, -0.15) is 4.31 Å². The molecule has 110 valence electrons. The number of piperazine rings is 1. The number of sulfonamides is 1. The van der Waals surface area contributed by atoms with Gasteiger partial charge in [-0.05, 0) is 12.1 Å². The number of carbonyl (C=O) groups excluding carboxylic acids is 1. The van der Waals surface area contributed by atoms with Gasteiger partial charge in [0.25, 0.3) is 0 Å². The van der Waals surface area contributed by atoms with E-state index in [1.165, 1.54) is 10.4 Å². The predicted molar refractivity (Wildman–Crippen MR) is 75.8 cm³/mol. The quantitative estimate of drug-likeness (QED) is 0.859. The van der Waals surface area contributed by atoms with E-state index in [1.807, 2.05) is 0 Å². The lowest BCUT2D eigenvalue weighted by atomic mass is 10.3. The zero-order valence-electron chi connectivity index (χ0n) is 10.8. The van der Waals surface area contributed by atoms with Crippen molar-refractivity contribution < 1.29 is 13.2 Å². The van der Waals surface area contributed by atoms with Gasteiger partial charge in [-0.25, -0.2) is 8.42 Å². The number of nitrogens with two attached hydrogens (primary N) is 1. The van der Waals surface area contributed by atoms with Crippen molar-refractivity contribution in [3.05, 3.63) is 29.3 Å². The molecule has 1 amide bonds. The maximum atomic E-state index is 12.5. The van der Waals surface area contributed by atoms with Crippen LogP contribution in [0, 0.1) is 0 Å². The molecule has 1 aromatic rings. The third-order valence-corrected chi connectivity index (χ3v) is 5.62. The van der Waals surface area contributed by atoms with Crippen LogP contribution in [-0.4, -0.2) is 56.3 Å². The molecule has 2 N–H and O–H groups in total. The highest BCUT2D eigenvalue weighted by Crippen LogP contribution is 2.24. The van der Waals surface area contributed by atoms with Crippen LogP contribution in [-0.2, 0) is 14.8 Å². The van der Waals surface area contributed by atoms with E-state index in [-0.39, 0.29) is 35.5 Å². The van der Waals surface area contributed by atoms with E-state index in [2.05, 4.69) is 0 Å². The summed E-state index contributed by atoms with van der Waals surface area (Å²) in [6.45, 7) is 1.13. The monoisotopic (exact) mass is 317 g/mol. The Morgan fingerprint density at radius 1 is 1.20 bits per heavy atom. The fraction of sp³-hybridized carbons (Fsp3) is 0.417. The van der Waals surface area contributed by atoms with Gasteiger partial charge in [0, 0.05) is 26.2 Å². The molecule has 0 atom stereocenters. The minimum Gasteiger partial charge on any atom is -0.339 e. The molecular weight excluding hydrogens is 302 g/mol. The first kappa shape index (κ1) is 15.2. The van der Waals surface area contributed by atoms with E-state index in [4.69, 9.17) is 17.3 Å². The van der Waals surface area contributed by atoms with Crippen molar-refractivity contribution in [3.63, 3.8) is 0 Å². The predicted octanol–water partition coefficient (Wildman–Crippen LogP) is 0.132. The molecule has 0 saturated carbocycles. The fourth-order valence-electron chi connectivity index (χ4n) is 2.10. The molecule has 1 aromatic carbocycles. The molecule has 6 nitrogen and oxygen atoms in total. The van der Waals surface area contributed by atoms with Crippen molar-refractivity contribution in [1.29, 1.82) is 0 Å². The van der Waals surface area contributed by atoms with Crippen molar-refractivity contribution in [2.75, 3.05) is 32.7 Å². The molecule has 1 aliphatic rings. The number of benzene rings is 1. The number of rotatable bonds is 3. The molecule has 8 heteroatoms. The van der Waals surface area contributed by atoms with Crippen molar-refractivity contribution in [2.24, 2.45) is 5.73 Å². The molecule has 0 radical (unpaired) electrons. The molecule has 1 aliphatic heterocycles. The minimum absolute atomic E-state index is 0.0583. The van der Waals surface area contributed by atoms with Gasteiger partial charge in [0.05, 0.1) is 11.6 Å². The zero-order valence-corrected chi connectivity index (χ0v) is 12.4. The van der Waals surface area contributed by atoms with Gasteiger partial charge in [0.15, 0.2) is 0 Å². The van der Waals surface area contributed by atoms with Crippen LogP contribution in [0.15, 0.2) is 29.2 Å². The summed E-state index contributed by atoms with van der Waals surface area (Å²) in [7, 11) is -3.62. The van der Waals surface area contributed by atoms with Gasteiger partial charge in [0.2, 0.25) is 15.9 Å². The Morgan fingerprint density at radius 2 is 1.80 bits per heavy atom. The molecule has 0 aromatic heterocycles. The highest BCUT2D eigenvalue weighted by atomic mass is 35.5. The smallest absolute Gasteiger partial charge is 0.244 e.